The van der Waals surface area contributed by atoms with Crippen LogP contribution in [0.5, 0.6) is 5.75 Å². The van der Waals surface area contributed by atoms with Gasteiger partial charge in [-0.2, -0.15) is 0 Å². The highest BCUT2D eigenvalue weighted by Gasteiger charge is 2.52. The molecule has 0 spiro atoms. The summed E-state index contributed by atoms with van der Waals surface area (Å²) in [4.78, 5) is 29.9. The van der Waals surface area contributed by atoms with E-state index in [1.54, 1.807) is 42.5 Å². The van der Waals surface area contributed by atoms with Crippen LogP contribution in [0.4, 0.5) is 16.2 Å². The maximum absolute atomic E-state index is 13.4. The summed E-state index contributed by atoms with van der Waals surface area (Å²) < 4.78 is 5.95. The van der Waals surface area contributed by atoms with Gasteiger partial charge in [0, 0.05) is 22.6 Å². The Morgan fingerprint density at radius 3 is 2.78 bits per heavy atom. The molecule has 1 atom stereocenters. The fraction of sp³-hybridized carbons (Fsp3) is 0.391. The number of urea groups is 1. The third-order valence-electron chi connectivity index (χ3n) is 5.89. The van der Waals surface area contributed by atoms with Crippen molar-refractivity contribution in [2.45, 2.75) is 25.0 Å². The Morgan fingerprint density at radius 1 is 1.25 bits per heavy atom. The molecule has 0 saturated carbocycles. The zero-order chi connectivity index (χ0) is 22.7. The zero-order valence-corrected chi connectivity index (χ0v) is 19.5. The van der Waals surface area contributed by atoms with E-state index in [0.29, 0.717) is 28.1 Å². The lowest BCUT2D eigenvalue weighted by molar-refractivity contribution is -0.140. The molecule has 0 unspecified atom stereocenters. The first-order chi connectivity index (χ1) is 15.4. The van der Waals surface area contributed by atoms with E-state index < -0.39 is 17.7 Å². The first-order valence-electron chi connectivity index (χ1n) is 10.7. The van der Waals surface area contributed by atoms with Gasteiger partial charge in [-0.3, -0.25) is 9.69 Å². The number of carbonyl (C=O) groups excluding carboxylic acids is 2. The smallest absolute Gasteiger partial charge is 0.329 e. The monoisotopic (exact) mass is 502 g/mol. The molecule has 2 heterocycles. The number of nitrogens with one attached hydrogen (secondary N) is 2. The SMILES string of the molecule is COc1cccc(N2C(=O)Nc3ccc(Br)cc3[C@]2(O)C(=O)NCCCN2CCCC2)c1. The lowest BCUT2D eigenvalue weighted by atomic mass is 9.94. The molecule has 0 bridgehead atoms. The van der Waals surface area contributed by atoms with Gasteiger partial charge in [-0.05, 0) is 69.2 Å². The summed E-state index contributed by atoms with van der Waals surface area (Å²) in [5.41, 5.74) is -1.23. The van der Waals surface area contributed by atoms with E-state index in [1.165, 1.54) is 20.0 Å². The summed E-state index contributed by atoms with van der Waals surface area (Å²) in [6.07, 6.45) is 3.18. The van der Waals surface area contributed by atoms with Crippen molar-refractivity contribution in [3.05, 3.63) is 52.5 Å². The lowest BCUT2D eigenvalue weighted by Crippen LogP contribution is -2.62. The Hall–Kier alpha value is -2.62. The summed E-state index contributed by atoms with van der Waals surface area (Å²) >= 11 is 3.41. The van der Waals surface area contributed by atoms with Crippen molar-refractivity contribution in [3.63, 3.8) is 0 Å². The van der Waals surface area contributed by atoms with E-state index >= 15 is 0 Å². The molecule has 170 valence electrons. The summed E-state index contributed by atoms with van der Waals surface area (Å²) in [5, 5.41) is 17.5. The van der Waals surface area contributed by atoms with Crippen LogP contribution in [0.2, 0.25) is 0 Å². The van der Waals surface area contributed by atoms with E-state index in [1.807, 2.05) is 0 Å². The van der Waals surface area contributed by atoms with Gasteiger partial charge in [0.05, 0.1) is 18.5 Å². The molecule has 32 heavy (non-hydrogen) atoms. The number of nitrogens with zero attached hydrogens (tertiary/aromatic N) is 2. The number of ether oxygens (including phenoxy) is 1. The van der Waals surface area contributed by atoms with Crippen molar-refractivity contribution in [1.82, 2.24) is 10.2 Å². The van der Waals surface area contributed by atoms with Crippen molar-refractivity contribution in [1.29, 1.82) is 0 Å². The predicted octanol–water partition coefficient (Wildman–Crippen LogP) is 3.26. The standard InChI is InChI=1S/C23H27BrN4O4/c1-32-18-7-4-6-17(15-18)28-22(30)26-20-9-8-16(24)14-19(20)23(28,31)21(29)25-10-5-13-27-11-2-3-12-27/h4,6-9,14-15,31H,2-3,5,10-13H2,1H3,(H,25,29)(H,26,30)/t23-/m0/s1. The van der Waals surface area contributed by atoms with E-state index in [9.17, 15) is 14.7 Å². The van der Waals surface area contributed by atoms with Crippen LogP contribution in [-0.2, 0) is 10.5 Å². The van der Waals surface area contributed by atoms with Crippen molar-refractivity contribution < 1.29 is 19.4 Å². The molecule has 0 aromatic heterocycles. The van der Waals surface area contributed by atoms with Crippen LogP contribution in [0.25, 0.3) is 0 Å². The number of likely N-dealkylation sites (tertiary alicyclic amines) is 1. The van der Waals surface area contributed by atoms with Gasteiger partial charge in [-0.15, -0.1) is 0 Å². The Labute approximate surface area is 195 Å². The molecule has 1 fully saturated rings. The summed E-state index contributed by atoms with van der Waals surface area (Å²) in [6, 6.07) is 11.1. The van der Waals surface area contributed by atoms with Crippen LogP contribution in [-0.4, -0.2) is 55.2 Å². The lowest BCUT2D eigenvalue weighted by Gasteiger charge is -2.42. The fourth-order valence-electron chi connectivity index (χ4n) is 4.26. The molecule has 4 rings (SSSR count). The fourth-order valence-corrected chi connectivity index (χ4v) is 4.63. The minimum absolute atomic E-state index is 0.284. The second-order valence-corrected chi connectivity index (χ2v) is 8.90. The average molecular weight is 503 g/mol. The highest BCUT2D eigenvalue weighted by Crippen LogP contribution is 2.41. The van der Waals surface area contributed by atoms with Gasteiger partial charge in [-0.25, -0.2) is 4.79 Å². The normalized spacial score (nSPS) is 20.6. The Balaban J connectivity index is 1.65. The van der Waals surface area contributed by atoms with Gasteiger partial charge >= 0.3 is 6.03 Å². The predicted molar refractivity (Wildman–Crippen MR) is 126 cm³/mol. The van der Waals surface area contributed by atoms with Crippen molar-refractivity contribution in [3.8, 4) is 5.75 Å². The maximum Gasteiger partial charge on any atom is 0.329 e. The van der Waals surface area contributed by atoms with Gasteiger partial charge in [-0.1, -0.05) is 22.0 Å². The molecule has 1 saturated heterocycles. The average Bonchev–Trinajstić information content (AvgIpc) is 3.31. The molecule has 9 heteroatoms. The Bertz CT molecular complexity index is 1010. The summed E-state index contributed by atoms with van der Waals surface area (Å²) in [5.74, 6) is -0.153. The number of amides is 3. The topological polar surface area (TPSA) is 94.1 Å². The highest BCUT2D eigenvalue weighted by atomic mass is 79.9. The largest absolute Gasteiger partial charge is 0.497 e. The van der Waals surface area contributed by atoms with Gasteiger partial charge in [0.25, 0.3) is 11.6 Å². The zero-order valence-electron chi connectivity index (χ0n) is 17.9. The number of fused-ring (bicyclic) bond motifs is 1. The molecule has 0 radical (unpaired) electrons. The number of methoxy groups -OCH3 is 1. The summed E-state index contributed by atoms with van der Waals surface area (Å²) in [6.45, 7) is 3.46. The van der Waals surface area contributed by atoms with E-state index in [0.717, 1.165) is 31.0 Å². The van der Waals surface area contributed by atoms with Crippen LogP contribution < -0.4 is 20.3 Å². The number of halogens is 1. The number of carbonyl (C=O) groups is 2. The summed E-state index contributed by atoms with van der Waals surface area (Å²) in [7, 11) is 1.51. The van der Waals surface area contributed by atoms with Crippen LogP contribution >= 0.6 is 15.9 Å². The third kappa shape index (κ3) is 4.32. The number of benzene rings is 2. The second kappa shape index (κ2) is 9.48. The van der Waals surface area contributed by atoms with Gasteiger partial charge < -0.3 is 25.4 Å². The van der Waals surface area contributed by atoms with Crippen LogP contribution in [0.15, 0.2) is 46.9 Å². The molecule has 2 aliphatic rings. The van der Waals surface area contributed by atoms with E-state index in [-0.39, 0.29) is 5.56 Å². The van der Waals surface area contributed by atoms with E-state index in [2.05, 4.69) is 31.5 Å². The van der Waals surface area contributed by atoms with Crippen LogP contribution in [0, 0.1) is 0 Å². The van der Waals surface area contributed by atoms with Crippen molar-refractivity contribution >= 4 is 39.2 Å². The first-order valence-corrected chi connectivity index (χ1v) is 11.5. The number of anilines is 2. The quantitative estimate of drug-likeness (QED) is 0.505. The molecule has 2 aliphatic heterocycles. The van der Waals surface area contributed by atoms with Gasteiger partial charge in [0.15, 0.2) is 0 Å². The van der Waals surface area contributed by atoms with E-state index in [4.69, 9.17) is 4.74 Å². The van der Waals surface area contributed by atoms with Gasteiger partial charge in [0.2, 0.25) is 0 Å². The first kappa shape index (κ1) is 22.6. The Morgan fingerprint density at radius 2 is 2.03 bits per heavy atom. The maximum atomic E-state index is 13.4. The third-order valence-corrected chi connectivity index (χ3v) is 6.38. The minimum atomic E-state index is -2.23. The van der Waals surface area contributed by atoms with Crippen LogP contribution in [0.3, 0.4) is 0 Å². The molecule has 2 aromatic rings. The highest BCUT2D eigenvalue weighted by molar-refractivity contribution is 9.10. The number of aliphatic hydroxyl groups is 1. The molecule has 2 aromatic carbocycles. The molecule has 3 N–H and O–H groups in total. The van der Waals surface area contributed by atoms with Crippen molar-refractivity contribution in [2.75, 3.05) is 43.5 Å². The van der Waals surface area contributed by atoms with Gasteiger partial charge in [0.1, 0.15) is 5.75 Å². The molecular formula is C23H27BrN4O4. The molecule has 0 aliphatic carbocycles. The Kier molecular flexibility index (Phi) is 6.68. The number of hydrogen-bond donors (Lipinski definition) is 3. The molecule has 8 nitrogen and oxygen atoms in total. The minimum Gasteiger partial charge on any atom is -0.497 e. The molecular weight excluding hydrogens is 476 g/mol. The molecule has 3 amide bonds. The van der Waals surface area contributed by atoms with Crippen LogP contribution in [0.1, 0.15) is 24.8 Å². The number of rotatable bonds is 7. The number of hydrogen-bond acceptors (Lipinski definition) is 5. The van der Waals surface area contributed by atoms with Crippen molar-refractivity contribution in [2.24, 2.45) is 0 Å². The second-order valence-electron chi connectivity index (χ2n) is 7.99.